The molecule has 8 nitrogen and oxygen atoms in total. The van der Waals surface area contributed by atoms with Gasteiger partial charge in [-0.05, 0) is 100 Å². The van der Waals surface area contributed by atoms with E-state index in [0.29, 0.717) is 12.5 Å². The number of thiophene rings is 1. The molecule has 2 atom stereocenters. The lowest BCUT2D eigenvalue weighted by Crippen LogP contribution is -2.39. The molecule has 3 N–H and O–H groups in total. The fourth-order valence-electron chi connectivity index (χ4n) is 7.46. The predicted octanol–water partition coefficient (Wildman–Crippen LogP) is 8.84. The summed E-state index contributed by atoms with van der Waals surface area (Å²) in [5.41, 5.74) is 9.01. The number of anilines is 2. The van der Waals surface area contributed by atoms with Crippen LogP contribution in [0.2, 0.25) is 5.02 Å². The lowest BCUT2D eigenvalue weighted by Gasteiger charge is -2.33. The predicted molar refractivity (Wildman–Crippen MR) is 244 cm³/mol. The van der Waals surface area contributed by atoms with E-state index < -0.39 is 0 Å². The minimum Gasteiger partial charge on any atom is -0.392 e. The summed E-state index contributed by atoms with van der Waals surface area (Å²) in [6.45, 7) is 24.0. The zero-order chi connectivity index (χ0) is 40.0. The van der Waals surface area contributed by atoms with Crippen LogP contribution in [0.3, 0.4) is 0 Å². The molecule has 1 fully saturated rings. The number of nitrogens with one attached hydrogen (secondary N) is 3. The number of benzene rings is 2. The fraction of sp³-hybridized carbons (Fsp3) is 0.435. The van der Waals surface area contributed by atoms with Crippen LogP contribution in [0.25, 0.3) is 6.08 Å². The van der Waals surface area contributed by atoms with Gasteiger partial charge in [0.1, 0.15) is 0 Å². The SMILES string of the molecule is C=Cc1cccc(NCC2CCN(CCN3CC(C#Cc4sc(NC)c(C(=NCC)c5ccc(Cl)cc5)c4C)C=N3)CC2)c1CN(C)C(C=C)CCC(=C)NC. The van der Waals surface area contributed by atoms with Gasteiger partial charge in [-0.3, -0.25) is 14.9 Å². The summed E-state index contributed by atoms with van der Waals surface area (Å²) < 4.78 is 0. The molecule has 0 amide bonds. The zero-order valence-corrected chi connectivity index (χ0v) is 35.7. The van der Waals surface area contributed by atoms with Gasteiger partial charge in [-0.15, -0.1) is 17.9 Å². The van der Waals surface area contributed by atoms with Crippen LogP contribution in [0, 0.1) is 30.6 Å². The Labute approximate surface area is 345 Å². The highest BCUT2D eigenvalue weighted by molar-refractivity contribution is 7.17. The Morgan fingerprint density at radius 2 is 1.91 bits per heavy atom. The Balaban J connectivity index is 1.09. The standard InChI is InChI=1S/C46H61ClN8S/c1-9-37-13-12-14-42(41(37)32-53(8)40(10-2)21-15-33(4)48-6)51-29-35-23-25-54(26-24-35)27-28-55-31-36(30-52-55)16-22-43-34(5)44(46(49-7)56-43)45(50-11-3)38-17-19-39(47)20-18-38/h9-10,12-14,17-20,30,35-36,40,48-49,51H,1-2,4,11,15,21,23-29,31-32H2,3,5-8H3. The van der Waals surface area contributed by atoms with Crippen molar-refractivity contribution >= 4 is 51.6 Å². The van der Waals surface area contributed by atoms with E-state index in [4.69, 9.17) is 21.7 Å². The molecule has 1 aromatic heterocycles. The first kappa shape index (κ1) is 42.8. The molecule has 10 heteroatoms. The van der Waals surface area contributed by atoms with Crippen LogP contribution in [0.4, 0.5) is 10.7 Å². The van der Waals surface area contributed by atoms with Crippen molar-refractivity contribution in [2.24, 2.45) is 21.9 Å². The summed E-state index contributed by atoms with van der Waals surface area (Å²) >= 11 is 7.88. The number of piperidine rings is 1. The molecule has 2 aliphatic heterocycles. The second-order valence-corrected chi connectivity index (χ2v) is 16.2. The van der Waals surface area contributed by atoms with Crippen LogP contribution in [-0.4, -0.2) is 99.7 Å². The first-order chi connectivity index (χ1) is 27.2. The van der Waals surface area contributed by atoms with Crippen molar-refractivity contribution in [1.82, 2.24) is 20.1 Å². The molecule has 0 saturated carbocycles. The minimum atomic E-state index is 0.111. The monoisotopic (exact) mass is 792 g/mol. The molecule has 0 radical (unpaired) electrons. The topological polar surface area (TPSA) is 70.5 Å². The number of hydrogen-bond acceptors (Lipinski definition) is 9. The van der Waals surface area contributed by atoms with Crippen LogP contribution >= 0.6 is 22.9 Å². The molecule has 5 rings (SSSR count). The number of rotatable bonds is 19. The number of hydrogen-bond donors (Lipinski definition) is 3. The van der Waals surface area contributed by atoms with Gasteiger partial charge in [0.05, 0.1) is 28.1 Å². The lowest BCUT2D eigenvalue weighted by molar-refractivity contribution is 0.164. The fourth-order valence-corrected chi connectivity index (χ4v) is 8.61. The van der Waals surface area contributed by atoms with Crippen LogP contribution < -0.4 is 16.0 Å². The largest absolute Gasteiger partial charge is 0.392 e. The summed E-state index contributed by atoms with van der Waals surface area (Å²) in [6, 6.07) is 14.7. The maximum Gasteiger partial charge on any atom is 0.0991 e. The quantitative estimate of drug-likeness (QED) is 0.0641. The van der Waals surface area contributed by atoms with E-state index in [2.05, 4.69) is 108 Å². The minimum absolute atomic E-state index is 0.111. The molecule has 0 bridgehead atoms. The summed E-state index contributed by atoms with van der Waals surface area (Å²) in [5, 5.41) is 19.1. The molecular weight excluding hydrogens is 732 g/mol. The number of likely N-dealkylation sites (N-methyl/N-ethyl adjacent to an activating group) is 1. The van der Waals surface area contributed by atoms with Crippen molar-refractivity contribution < 1.29 is 0 Å². The van der Waals surface area contributed by atoms with Crippen LogP contribution in [0.5, 0.6) is 0 Å². The summed E-state index contributed by atoms with van der Waals surface area (Å²) in [6.07, 6.45) is 10.3. The van der Waals surface area contributed by atoms with Crippen molar-refractivity contribution in [1.29, 1.82) is 0 Å². The van der Waals surface area contributed by atoms with E-state index in [0.717, 1.165) is 102 Å². The van der Waals surface area contributed by atoms with Crippen LogP contribution in [0.1, 0.15) is 65.3 Å². The first-order valence-electron chi connectivity index (χ1n) is 20.0. The van der Waals surface area contributed by atoms with Gasteiger partial charge in [0.2, 0.25) is 0 Å². The summed E-state index contributed by atoms with van der Waals surface area (Å²) in [4.78, 5) is 10.9. The third-order valence-electron chi connectivity index (χ3n) is 11.0. The van der Waals surface area contributed by atoms with E-state index in [1.165, 1.54) is 29.7 Å². The van der Waals surface area contributed by atoms with Gasteiger partial charge in [0, 0.05) is 86.6 Å². The third kappa shape index (κ3) is 11.4. The summed E-state index contributed by atoms with van der Waals surface area (Å²) in [7, 11) is 6.07. The van der Waals surface area contributed by atoms with Gasteiger partial charge < -0.3 is 20.9 Å². The second-order valence-electron chi connectivity index (χ2n) is 14.7. The molecule has 298 valence electrons. The maximum absolute atomic E-state index is 6.19. The first-order valence-corrected chi connectivity index (χ1v) is 21.2. The Hall–Kier alpha value is -4.33. The number of halogens is 1. The van der Waals surface area contributed by atoms with Crippen LogP contribution in [-0.2, 0) is 6.54 Å². The average Bonchev–Trinajstić information content (AvgIpc) is 3.81. The van der Waals surface area contributed by atoms with Gasteiger partial charge >= 0.3 is 0 Å². The Morgan fingerprint density at radius 1 is 1.14 bits per heavy atom. The number of aliphatic imine (C=N–C) groups is 1. The number of allylic oxidation sites excluding steroid dienone is 1. The van der Waals surface area contributed by atoms with Gasteiger partial charge in [0.25, 0.3) is 0 Å². The highest BCUT2D eigenvalue weighted by Crippen LogP contribution is 2.35. The molecule has 2 aliphatic rings. The molecule has 56 heavy (non-hydrogen) atoms. The molecule has 3 heterocycles. The molecule has 3 aromatic rings. The highest BCUT2D eigenvalue weighted by atomic mass is 35.5. The van der Waals surface area contributed by atoms with Gasteiger partial charge in [0.15, 0.2) is 0 Å². The van der Waals surface area contributed by atoms with E-state index in [1.54, 1.807) is 11.3 Å². The van der Waals surface area contributed by atoms with E-state index in [-0.39, 0.29) is 12.0 Å². The lowest BCUT2D eigenvalue weighted by atomic mass is 9.96. The Bertz CT molecular complexity index is 1910. The van der Waals surface area contributed by atoms with E-state index >= 15 is 0 Å². The molecule has 2 aromatic carbocycles. The second kappa shape index (κ2) is 21.3. The number of likely N-dealkylation sites (tertiary alicyclic amines) is 1. The number of nitrogens with zero attached hydrogens (tertiary/aromatic N) is 5. The molecule has 2 unspecified atom stereocenters. The van der Waals surface area contributed by atoms with Gasteiger partial charge in [-0.25, -0.2) is 0 Å². The third-order valence-corrected chi connectivity index (χ3v) is 12.4. The molecule has 0 spiro atoms. The van der Waals surface area contributed by atoms with Crippen molar-refractivity contribution in [2.45, 2.75) is 52.1 Å². The normalized spacial score (nSPS) is 16.7. The summed E-state index contributed by atoms with van der Waals surface area (Å²) in [5.74, 6) is 7.76. The van der Waals surface area contributed by atoms with E-state index in [1.807, 2.05) is 50.7 Å². The van der Waals surface area contributed by atoms with E-state index in [9.17, 15) is 0 Å². The van der Waals surface area contributed by atoms with Crippen molar-refractivity contribution in [2.75, 3.05) is 77.6 Å². The van der Waals surface area contributed by atoms with Gasteiger partial charge in [-0.2, -0.15) is 5.10 Å². The molecule has 1 saturated heterocycles. The van der Waals surface area contributed by atoms with Gasteiger partial charge in [-0.1, -0.05) is 73.0 Å². The molecular formula is C46H61ClN8S. The number of hydrazone groups is 1. The average molecular weight is 794 g/mol. The maximum atomic E-state index is 6.19. The highest BCUT2D eigenvalue weighted by Gasteiger charge is 2.23. The smallest absolute Gasteiger partial charge is 0.0991 e. The molecule has 0 aliphatic carbocycles. The van der Waals surface area contributed by atoms with Crippen molar-refractivity contribution in [3.8, 4) is 11.8 Å². The van der Waals surface area contributed by atoms with Crippen molar-refractivity contribution in [3.63, 3.8) is 0 Å². The zero-order valence-electron chi connectivity index (χ0n) is 34.1. The Kier molecular flexibility index (Phi) is 16.3. The Morgan fingerprint density at radius 3 is 2.59 bits per heavy atom. The van der Waals surface area contributed by atoms with Crippen molar-refractivity contribution in [3.05, 3.63) is 112 Å². The van der Waals surface area contributed by atoms with Crippen LogP contribution in [0.15, 0.2) is 84.1 Å².